The normalized spacial score (nSPS) is 23.0. The van der Waals surface area contributed by atoms with Gasteiger partial charge in [0.1, 0.15) is 6.17 Å². The summed E-state index contributed by atoms with van der Waals surface area (Å²) in [7, 11) is 0. The van der Waals surface area contributed by atoms with Gasteiger partial charge >= 0.3 is 0 Å². The maximum atomic E-state index is 12.4. The summed E-state index contributed by atoms with van der Waals surface area (Å²) < 4.78 is 0. The van der Waals surface area contributed by atoms with Gasteiger partial charge in [0, 0.05) is 25.2 Å². The van der Waals surface area contributed by atoms with Crippen molar-refractivity contribution < 1.29 is 4.79 Å². The van der Waals surface area contributed by atoms with Crippen molar-refractivity contribution in [2.24, 2.45) is 0 Å². The molecule has 0 aliphatic carbocycles. The molecule has 1 aliphatic heterocycles. The minimum absolute atomic E-state index is 0.0277. The van der Waals surface area contributed by atoms with Crippen molar-refractivity contribution in [2.45, 2.75) is 58.9 Å². The second kappa shape index (κ2) is 6.90. The van der Waals surface area contributed by atoms with Crippen molar-refractivity contribution in [2.75, 3.05) is 13.1 Å². The van der Waals surface area contributed by atoms with E-state index in [2.05, 4.69) is 54.7 Å². The molecular weight excluding hydrogens is 282 g/mol. The predicted octanol–water partition coefficient (Wildman–Crippen LogP) is 2.69. The van der Waals surface area contributed by atoms with Gasteiger partial charge in [0.2, 0.25) is 5.91 Å². The molecule has 21 heavy (non-hydrogen) atoms. The number of hydrogen-bond acceptors (Lipinski definition) is 4. The Balaban J connectivity index is 2.07. The van der Waals surface area contributed by atoms with E-state index in [0.717, 1.165) is 13.1 Å². The number of nitrogens with one attached hydrogen (secondary N) is 1. The number of rotatable bonds is 6. The third-order valence-corrected chi connectivity index (χ3v) is 4.86. The molecule has 0 saturated carbocycles. The number of nitrogens with zero attached hydrogens (tertiary/aromatic N) is 2. The highest BCUT2D eigenvalue weighted by atomic mass is 32.1. The van der Waals surface area contributed by atoms with E-state index >= 15 is 0 Å². The molecule has 0 aromatic carbocycles. The Morgan fingerprint density at radius 2 is 2.00 bits per heavy atom. The van der Waals surface area contributed by atoms with E-state index in [4.69, 9.17) is 0 Å². The second-order valence-electron chi connectivity index (χ2n) is 6.30. The zero-order chi connectivity index (χ0) is 15.6. The largest absolute Gasteiger partial charge is 0.320 e. The highest BCUT2D eigenvalue weighted by Gasteiger charge is 2.37. The molecule has 1 aliphatic rings. The Kier molecular flexibility index (Phi) is 5.41. The second-order valence-corrected chi connectivity index (χ2v) is 7.08. The van der Waals surface area contributed by atoms with E-state index in [1.54, 1.807) is 11.3 Å². The van der Waals surface area contributed by atoms with Crippen LogP contribution in [0.15, 0.2) is 16.8 Å². The van der Waals surface area contributed by atoms with Gasteiger partial charge in [-0.05, 0) is 57.0 Å². The van der Waals surface area contributed by atoms with Gasteiger partial charge in [-0.3, -0.25) is 15.0 Å². The first-order chi connectivity index (χ1) is 9.91. The molecule has 1 fully saturated rings. The summed E-state index contributed by atoms with van der Waals surface area (Å²) in [6.07, 6.45) is 0.0277. The molecule has 2 unspecified atom stereocenters. The monoisotopic (exact) mass is 309 g/mol. The molecule has 2 heterocycles. The van der Waals surface area contributed by atoms with E-state index < -0.39 is 0 Å². The lowest BCUT2D eigenvalue weighted by Crippen LogP contribution is -2.44. The molecule has 1 aromatic heterocycles. The van der Waals surface area contributed by atoms with E-state index in [0.29, 0.717) is 12.1 Å². The molecule has 2 rings (SSSR count). The van der Waals surface area contributed by atoms with Gasteiger partial charge in [-0.25, -0.2) is 0 Å². The first kappa shape index (κ1) is 16.5. The van der Waals surface area contributed by atoms with Crippen LogP contribution in [0.5, 0.6) is 0 Å². The van der Waals surface area contributed by atoms with Crippen molar-refractivity contribution in [3.8, 4) is 0 Å². The van der Waals surface area contributed by atoms with Crippen LogP contribution in [-0.4, -0.2) is 46.9 Å². The molecular formula is C16H27N3OS. The van der Waals surface area contributed by atoms with Crippen molar-refractivity contribution in [3.63, 3.8) is 0 Å². The Morgan fingerprint density at radius 1 is 1.33 bits per heavy atom. The molecule has 0 spiro atoms. The first-order valence-electron chi connectivity index (χ1n) is 7.76. The SMILES string of the molecule is CC1NC(c2ccsc2)N(CCN(C(C)C)C(C)C)C1=O. The van der Waals surface area contributed by atoms with Crippen LogP contribution in [0, 0.1) is 0 Å². The van der Waals surface area contributed by atoms with Gasteiger partial charge in [-0.2, -0.15) is 11.3 Å². The number of hydrogen-bond donors (Lipinski definition) is 1. The third kappa shape index (κ3) is 3.65. The van der Waals surface area contributed by atoms with E-state index in [9.17, 15) is 4.79 Å². The van der Waals surface area contributed by atoms with Crippen molar-refractivity contribution in [3.05, 3.63) is 22.4 Å². The van der Waals surface area contributed by atoms with Crippen LogP contribution < -0.4 is 5.32 Å². The van der Waals surface area contributed by atoms with Crippen LogP contribution in [0.25, 0.3) is 0 Å². The van der Waals surface area contributed by atoms with Gasteiger partial charge in [-0.1, -0.05) is 0 Å². The smallest absolute Gasteiger partial charge is 0.241 e. The summed E-state index contributed by atoms with van der Waals surface area (Å²) in [5.41, 5.74) is 1.19. The standard InChI is InChI=1S/C16H27N3OS/c1-11(2)18(12(3)4)7-8-19-15(14-6-9-21-10-14)17-13(5)16(19)20/h6,9-13,15,17H,7-8H2,1-5H3. The number of carbonyl (C=O) groups is 1. The average Bonchev–Trinajstić information content (AvgIpc) is 3.01. The Bertz CT molecular complexity index is 450. The highest BCUT2D eigenvalue weighted by molar-refractivity contribution is 7.07. The minimum Gasteiger partial charge on any atom is -0.320 e. The fourth-order valence-corrected chi connectivity index (χ4v) is 3.73. The predicted molar refractivity (Wildman–Crippen MR) is 88.3 cm³/mol. The first-order valence-corrected chi connectivity index (χ1v) is 8.70. The minimum atomic E-state index is -0.0959. The van der Waals surface area contributed by atoms with Crippen molar-refractivity contribution in [1.29, 1.82) is 0 Å². The zero-order valence-corrected chi connectivity index (χ0v) is 14.5. The lowest BCUT2D eigenvalue weighted by molar-refractivity contribution is -0.130. The molecule has 1 saturated heterocycles. The molecule has 1 N–H and O–H groups in total. The van der Waals surface area contributed by atoms with Crippen LogP contribution in [0.3, 0.4) is 0 Å². The van der Waals surface area contributed by atoms with Crippen LogP contribution in [0.2, 0.25) is 0 Å². The number of amides is 1. The molecule has 0 bridgehead atoms. The Labute approximate surface area is 132 Å². The maximum Gasteiger partial charge on any atom is 0.241 e. The van der Waals surface area contributed by atoms with Crippen LogP contribution in [0.1, 0.15) is 46.3 Å². The molecule has 4 nitrogen and oxygen atoms in total. The Morgan fingerprint density at radius 3 is 2.52 bits per heavy atom. The average molecular weight is 309 g/mol. The van der Waals surface area contributed by atoms with Gasteiger partial charge in [-0.15, -0.1) is 0 Å². The van der Waals surface area contributed by atoms with Gasteiger partial charge < -0.3 is 4.90 Å². The van der Waals surface area contributed by atoms with Gasteiger partial charge in [0.25, 0.3) is 0 Å². The molecule has 2 atom stereocenters. The quantitative estimate of drug-likeness (QED) is 0.877. The molecule has 118 valence electrons. The van der Waals surface area contributed by atoms with Crippen molar-refractivity contribution >= 4 is 17.2 Å². The third-order valence-electron chi connectivity index (χ3n) is 4.16. The molecule has 0 radical (unpaired) electrons. The van der Waals surface area contributed by atoms with E-state index in [1.165, 1.54) is 5.56 Å². The number of carbonyl (C=O) groups excluding carboxylic acids is 1. The lowest BCUT2D eigenvalue weighted by Gasteiger charge is -2.33. The van der Waals surface area contributed by atoms with Crippen LogP contribution in [0.4, 0.5) is 0 Å². The Hall–Kier alpha value is -0.910. The fraction of sp³-hybridized carbons (Fsp3) is 0.688. The topological polar surface area (TPSA) is 35.6 Å². The summed E-state index contributed by atoms with van der Waals surface area (Å²) in [6, 6.07) is 2.99. The maximum absolute atomic E-state index is 12.4. The fourth-order valence-electron chi connectivity index (χ4n) is 3.06. The molecule has 1 aromatic rings. The number of thiophene rings is 1. The summed E-state index contributed by atoms with van der Waals surface area (Å²) >= 11 is 1.68. The van der Waals surface area contributed by atoms with Crippen LogP contribution >= 0.6 is 11.3 Å². The summed E-state index contributed by atoms with van der Waals surface area (Å²) in [5.74, 6) is 0.207. The van der Waals surface area contributed by atoms with Crippen LogP contribution in [-0.2, 0) is 4.79 Å². The zero-order valence-electron chi connectivity index (χ0n) is 13.7. The van der Waals surface area contributed by atoms with Gasteiger partial charge in [0.15, 0.2) is 0 Å². The summed E-state index contributed by atoms with van der Waals surface area (Å²) in [6.45, 7) is 12.5. The van der Waals surface area contributed by atoms with Crippen molar-refractivity contribution in [1.82, 2.24) is 15.1 Å². The summed E-state index contributed by atoms with van der Waals surface area (Å²) in [4.78, 5) is 16.8. The van der Waals surface area contributed by atoms with E-state index in [-0.39, 0.29) is 18.1 Å². The van der Waals surface area contributed by atoms with Gasteiger partial charge in [0.05, 0.1) is 6.04 Å². The lowest BCUT2D eigenvalue weighted by atomic mass is 10.2. The molecule has 1 amide bonds. The summed E-state index contributed by atoms with van der Waals surface area (Å²) in [5, 5.41) is 7.59. The molecule has 5 heteroatoms. The highest BCUT2D eigenvalue weighted by Crippen LogP contribution is 2.26. The van der Waals surface area contributed by atoms with E-state index in [1.807, 2.05) is 11.8 Å².